The van der Waals surface area contributed by atoms with Crippen LogP contribution in [-0.2, 0) is 20.1 Å². The second-order valence-corrected chi connectivity index (χ2v) is 10.8. The molecule has 2 heterocycles. The number of para-hydroxylation sites is 2. The van der Waals surface area contributed by atoms with Crippen molar-refractivity contribution in [3.8, 4) is 50.3 Å². The molecule has 2 aromatic heterocycles. The van der Waals surface area contributed by atoms with Crippen molar-refractivity contribution < 1.29 is 20.1 Å². The molecule has 8 rings (SSSR count). The molecule has 0 spiro atoms. The van der Waals surface area contributed by atoms with Crippen molar-refractivity contribution >= 4 is 21.8 Å². The fourth-order valence-corrected chi connectivity index (χ4v) is 6.10. The molecule has 211 valence electrons. The van der Waals surface area contributed by atoms with E-state index in [1.165, 1.54) is 44.1 Å². The van der Waals surface area contributed by atoms with Gasteiger partial charge in [0, 0.05) is 42.8 Å². The van der Waals surface area contributed by atoms with E-state index in [2.05, 4.69) is 149 Å². The molecule has 0 amide bonds. The molecule has 44 heavy (non-hydrogen) atoms. The largest absolute Gasteiger partial charge is 0.309 e. The van der Waals surface area contributed by atoms with Gasteiger partial charge in [-0.3, -0.25) is 0 Å². The smallest absolute Gasteiger partial charge is 0.0541 e. The minimum Gasteiger partial charge on any atom is -0.309 e. The summed E-state index contributed by atoms with van der Waals surface area (Å²) in [6.07, 6.45) is 1.82. The Balaban J connectivity index is 0.00000312. The van der Waals surface area contributed by atoms with Gasteiger partial charge in [0.15, 0.2) is 0 Å². The van der Waals surface area contributed by atoms with Crippen LogP contribution in [0.3, 0.4) is 0 Å². The zero-order valence-corrected chi connectivity index (χ0v) is 26.2. The van der Waals surface area contributed by atoms with E-state index in [-0.39, 0.29) is 20.1 Å². The summed E-state index contributed by atoms with van der Waals surface area (Å²) in [5.41, 5.74) is 12.5. The average Bonchev–Trinajstić information content (AvgIpc) is 3.43. The summed E-state index contributed by atoms with van der Waals surface area (Å²) < 4.78 is 2.40. The Morgan fingerprint density at radius 1 is 0.455 bits per heavy atom. The number of benzene rings is 6. The van der Waals surface area contributed by atoms with E-state index in [0.29, 0.717) is 0 Å². The minimum absolute atomic E-state index is 0. The van der Waals surface area contributed by atoms with Crippen molar-refractivity contribution in [1.29, 1.82) is 0 Å². The van der Waals surface area contributed by atoms with Gasteiger partial charge in [0.2, 0.25) is 0 Å². The van der Waals surface area contributed by atoms with Gasteiger partial charge in [-0.25, -0.2) is 0 Å². The van der Waals surface area contributed by atoms with E-state index in [9.17, 15) is 0 Å². The third-order valence-corrected chi connectivity index (χ3v) is 8.13. The summed E-state index contributed by atoms with van der Waals surface area (Å²) in [6, 6.07) is 59.4. The summed E-state index contributed by atoms with van der Waals surface area (Å²) in [5, 5.41) is 2.52. The van der Waals surface area contributed by atoms with Crippen LogP contribution < -0.4 is 0 Å². The van der Waals surface area contributed by atoms with Crippen LogP contribution in [0.5, 0.6) is 0 Å². The third-order valence-electron chi connectivity index (χ3n) is 8.13. The van der Waals surface area contributed by atoms with Gasteiger partial charge in [0.25, 0.3) is 0 Å². The van der Waals surface area contributed by atoms with Crippen molar-refractivity contribution in [3.63, 3.8) is 0 Å². The Hall–Kier alpha value is -5.08. The van der Waals surface area contributed by atoms with Gasteiger partial charge in [0.05, 0.1) is 11.0 Å². The van der Waals surface area contributed by atoms with Crippen molar-refractivity contribution in [1.82, 2.24) is 9.55 Å². The molecule has 3 heteroatoms. The summed E-state index contributed by atoms with van der Waals surface area (Å²) in [5.74, 6) is 0. The molecule has 0 saturated carbocycles. The second kappa shape index (κ2) is 11.9. The number of hydrogen-bond donors (Lipinski definition) is 0. The van der Waals surface area contributed by atoms with Gasteiger partial charge < -0.3 is 9.55 Å². The van der Waals surface area contributed by atoms with E-state index < -0.39 is 0 Å². The number of hydrogen-bond acceptors (Lipinski definition) is 1. The zero-order valence-electron chi connectivity index (χ0n) is 23.8. The maximum Gasteiger partial charge on any atom is 0.0541 e. The first-order valence-corrected chi connectivity index (χ1v) is 14.5. The normalized spacial score (nSPS) is 11.0. The Bertz CT molecular complexity index is 2180. The minimum atomic E-state index is 0. The van der Waals surface area contributed by atoms with Crippen LogP contribution >= 0.6 is 0 Å². The Morgan fingerprint density at radius 2 is 1.02 bits per heavy atom. The summed E-state index contributed by atoms with van der Waals surface area (Å²) in [7, 11) is 0. The van der Waals surface area contributed by atoms with E-state index >= 15 is 0 Å². The Morgan fingerprint density at radius 3 is 1.73 bits per heavy atom. The van der Waals surface area contributed by atoms with Crippen LogP contribution in [-0.4, -0.2) is 9.55 Å². The Kier molecular flexibility index (Phi) is 7.50. The number of aromatic nitrogens is 2. The van der Waals surface area contributed by atoms with Crippen molar-refractivity contribution in [2.45, 2.75) is 0 Å². The van der Waals surface area contributed by atoms with Crippen molar-refractivity contribution in [2.75, 3.05) is 0 Å². The molecule has 0 atom stereocenters. The first kappa shape index (κ1) is 27.7. The molecule has 1 radical (unpaired) electrons. The van der Waals surface area contributed by atoms with E-state index in [1.54, 1.807) is 0 Å². The number of nitrogens with zero attached hydrogens (tertiary/aromatic N) is 2. The topological polar surface area (TPSA) is 17.8 Å². The van der Waals surface area contributed by atoms with Crippen LogP contribution in [0.4, 0.5) is 0 Å². The summed E-state index contributed by atoms with van der Waals surface area (Å²) >= 11 is 0. The SMILES string of the molecule is [Ir].[c-]1ccc(-c2cccc(-c3cc(-c4ccccc4)cc(-n4c5ccccc5c5ccccc54)c3)c2)cc1-c1ccccn1. The second-order valence-electron chi connectivity index (χ2n) is 10.8. The van der Waals surface area contributed by atoms with Gasteiger partial charge in [0.1, 0.15) is 0 Å². The van der Waals surface area contributed by atoms with E-state index in [4.69, 9.17) is 0 Å². The summed E-state index contributed by atoms with van der Waals surface area (Å²) in [4.78, 5) is 4.53. The molecule has 0 aliphatic carbocycles. The van der Waals surface area contributed by atoms with Crippen LogP contribution in [0.2, 0.25) is 0 Å². The molecule has 0 unspecified atom stereocenters. The van der Waals surface area contributed by atoms with Crippen molar-refractivity contribution in [3.05, 3.63) is 170 Å². The quantitative estimate of drug-likeness (QED) is 0.161. The molecule has 0 aliphatic rings. The summed E-state index contributed by atoms with van der Waals surface area (Å²) in [6.45, 7) is 0. The molecular weight excluding hydrogens is 713 g/mol. The molecule has 8 aromatic rings. The average molecular weight is 740 g/mol. The van der Waals surface area contributed by atoms with Crippen molar-refractivity contribution in [2.24, 2.45) is 0 Å². The maximum atomic E-state index is 4.53. The number of rotatable bonds is 5. The molecule has 2 nitrogen and oxygen atoms in total. The van der Waals surface area contributed by atoms with Gasteiger partial charge in [-0.1, -0.05) is 97.1 Å². The fourth-order valence-electron chi connectivity index (χ4n) is 6.10. The molecule has 0 saturated heterocycles. The zero-order chi connectivity index (χ0) is 28.6. The monoisotopic (exact) mass is 740 g/mol. The van der Waals surface area contributed by atoms with Gasteiger partial charge >= 0.3 is 0 Å². The molecule has 6 aromatic carbocycles. The van der Waals surface area contributed by atoms with Crippen LogP contribution in [0.15, 0.2) is 164 Å². The third kappa shape index (κ3) is 5.07. The molecule has 0 bridgehead atoms. The van der Waals surface area contributed by atoms with Gasteiger partial charge in [-0.2, -0.15) is 0 Å². The first-order valence-electron chi connectivity index (χ1n) is 14.5. The Labute approximate surface area is 270 Å². The van der Waals surface area contributed by atoms with Crippen LogP contribution in [0, 0.1) is 6.07 Å². The van der Waals surface area contributed by atoms with Gasteiger partial charge in [-0.15, -0.1) is 35.4 Å². The van der Waals surface area contributed by atoms with Gasteiger partial charge in [-0.05, 0) is 76.0 Å². The molecule has 0 fully saturated rings. The van der Waals surface area contributed by atoms with E-state index in [0.717, 1.165) is 28.1 Å². The maximum absolute atomic E-state index is 4.53. The standard InChI is InChI=1S/C41H27N2.Ir/c1-2-12-29(13-3-1)34-26-35(28-36(27-34)43-40-21-6-4-18-37(40)38-19-5-7-22-41(38)43)32-16-10-14-30(24-32)31-15-11-17-33(25-31)39-20-8-9-23-42-39;/h1-16,18-28H;/q-1;. The fraction of sp³-hybridized carbons (Fsp3) is 0. The predicted octanol–water partition coefficient (Wildman–Crippen LogP) is 10.6. The molecular formula is C41H27IrN2-. The first-order chi connectivity index (χ1) is 21.3. The number of pyridine rings is 1. The van der Waals surface area contributed by atoms with Crippen LogP contribution in [0.1, 0.15) is 0 Å². The predicted molar refractivity (Wildman–Crippen MR) is 179 cm³/mol. The number of fused-ring (bicyclic) bond motifs is 3. The molecule has 0 N–H and O–H groups in total. The van der Waals surface area contributed by atoms with E-state index in [1.807, 2.05) is 30.5 Å². The molecule has 0 aliphatic heterocycles. The van der Waals surface area contributed by atoms with Crippen LogP contribution in [0.25, 0.3) is 72.1 Å².